The van der Waals surface area contributed by atoms with Gasteiger partial charge < -0.3 is 0 Å². The van der Waals surface area contributed by atoms with E-state index >= 15 is 0 Å². The van der Waals surface area contributed by atoms with Gasteiger partial charge in [0.15, 0.2) is 0 Å². The normalized spacial score (nSPS) is 21.8. The van der Waals surface area contributed by atoms with Crippen LogP contribution in [0.3, 0.4) is 0 Å². The summed E-state index contributed by atoms with van der Waals surface area (Å²) < 4.78 is 0. The molecule has 3 N–H and O–H groups in total. The Labute approximate surface area is 98.7 Å². The van der Waals surface area contributed by atoms with Crippen molar-refractivity contribution in [3.05, 3.63) is 0 Å². The largest absolute Gasteiger partial charge is 0.271 e. The van der Waals surface area contributed by atoms with Gasteiger partial charge in [-0.25, -0.2) is 0 Å². The number of hydrazine groups is 1. The van der Waals surface area contributed by atoms with Crippen molar-refractivity contribution in [3.8, 4) is 0 Å². The second kappa shape index (κ2) is 7.53. The number of hydrogen-bond acceptors (Lipinski definition) is 3. The Bertz CT molecular complexity index is 158. The molecule has 0 spiro atoms. The molecule has 0 bridgehead atoms. The summed E-state index contributed by atoms with van der Waals surface area (Å²) in [5, 5.41) is 0.915. The van der Waals surface area contributed by atoms with E-state index in [9.17, 15) is 0 Å². The number of nitrogens with two attached hydrogens (primary N) is 1. The fourth-order valence-corrected chi connectivity index (χ4v) is 3.55. The molecule has 0 heterocycles. The molecular weight excluding hydrogens is 204 g/mol. The Hall–Kier alpha value is 0.270. The van der Waals surface area contributed by atoms with Crippen molar-refractivity contribution in [2.45, 2.75) is 63.7 Å². The summed E-state index contributed by atoms with van der Waals surface area (Å²) in [4.78, 5) is 0. The molecule has 1 aliphatic carbocycles. The second-order valence-electron chi connectivity index (χ2n) is 4.85. The van der Waals surface area contributed by atoms with Crippen molar-refractivity contribution in [2.24, 2.45) is 11.8 Å². The van der Waals surface area contributed by atoms with Crippen LogP contribution in [-0.4, -0.2) is 17.0 Å². The van der Waals surface area contributed by atoms with Crippen LogP contribution in [0, 0.1) is 5.92 Å². The summed E-state index contributed by atoms with van der Waals surface area (Å²) in [6.07, 6.45) is 8.18. The lowest BCUT2D eigenvalue weighted by atomic mass is 10.0. The van der Waals surface area contributed by atoms with Crippen molar-refractivity contribution in [1.29, 1.82) is 0 Å². The van der Waals surface area contributed by atoms with Gasteiger partial charge in [0.25, 0.3) is 0 Å². The van der Waals surface area contributed by atoms with Crippen LogP contribution in [0.5, 0.6) is 0 Å². The fraction of sp³-hybridized carbons (Fsp3) is 1.00. The first kappa shape index (κ1) is 13.3. The van der Waals surface area contributed by atoms with E-state index in [1.54, 1.807) is 0 Å². The average molecular weight is 230 g/mol. The first-order valence-electron chi connectivity index (χ1n) is 6.34. The molecule has 1 saturated carbocycles. The van der Waals surface area contributed by atoms with E-state index in [1.807, 2.05) is 0 Å². The molecule has 0 aliphatic heterocycles. The molecule has 0 saturated heterocycles. The molecule has 15 heavy (non-hydrogen) atoms. The minimum atomic E-state index is 0.505. The molecule has 0 aromatic rings. The minimum Gasteiger partial charge on any atom is -0.271 e. The van der Waals surface area contributed by atoms with E-state index < -0.39 is 0 Å². The standard InChI is InChI=1S/C12H26N2S/c1-3-10(2)8-11(14-13)9-15-12-6-4-5-7-12/h10-12,14H,3-9,13H2,1-2H3. The lowest BCUT2D eigenvalue weighted by molar-refractivity contribution is 0.423. The highest BCUT2D eigenvalue weighted by atomic mass is 32.2. The van der Waals surface area contributed by atoms with Crippen LogP contribution in [-0.2, 0) is 0 Å². The number of nitrogens with one attached hydrogen (secondary N) is 1. The third kappa shape index (κ3) is 5.23. The van der Waals surface area contributed by atoms with Gasteiger partial charge in [0.1, 0.15) is 0 Å². The zero-order valence-electron chi connectivity index (χ0n) is 10.2. The molecule has 0 aromatic carbocycles. The molecule has 3 heteroatoms. The van der Waals surface area contributed by atoms with E-state index in [1.165, 1.54) is 44.3 Å². The minimum absolute atomic E-state index is 0.505. The van der Waals surface area contributed by atoms with Crippen LogP contribution >= 0.6 is 11.8 Å². The Morgan fingerprint density at radius 2 is 2.07 bits per heavy atom. The topological polar surface area (TPSA) is 38.0 Å². The number of hydrogen-bond donors (Lipinski definition) is 2. The number of thioether (sulfide) groups is 1. The summed E-state index contributed by atoms with van der Waals surface area (Å²) >= 11 is 2.13. The molecule has 1 fully saturated rings. The van der Waals surface area contributed by atoms with Gasteiger partial charge in [-0.15, -0.1) is 0 Å². The van der Waals surface area contributed by atoms with Gasteiger partial charge in [-0.1, -0.05) is 33.1 Å². The predicted octanol–water partition coefficient (Wildman–Crippen LogP) is 2.93. The van der Waals surface area contributed by atoms with Crippen molar-refractivity contribution in [3.63, 3.8) is 0 Å². The van der Waals surface area contributed by atoms with E-state index in [2.05, 4.69) is 31.0 Å². The monoisotopic (exact) mass is 230 g/mol. The van der Waals surface area contributed by atoms with Crippen molar-refractivity contribution in [1.82, 2.24) is 5.43 Å². The Balaban J connectivity index is 2.14. The molecule has 90 valence electrons. The summed E-state index contributed by atoms with van der Waals surface area (Å²) in [5.41, 5.74) is 2.97. The van der Waals surface area contributed by atoms with E-state index in [0.717, 1.165) is 11.2 Å². The first-order chi connectivity index (χ1) is 7.26. The molecular formula is C12H26N2S. The molecule has 2 unspecified atom stereocenters. The number of rotatable bonds is 7. The van der Waals surface area contributed by atoms with Gasteiger partial charge in [-0.3, -0.25) is 11.3 Å². The molecule has 2 atom stereocenters. The van der Waals surface area contributed by atoms with Crippen LogP contribution in [0.15, 0.2) is 0 Å². The molecule has 1 rings (SSSR count). The smallest absolute Gasteiger partial charge is 0.0303 e. The highest BCUT2D eigenvalue weighted by Crippen LogP contribution is 2.30. The van der Waals surface area contributed by atoms with Crippen LogP contribution < -0.4 is 11.3 Å². The molecule has 2 nitrogen and oxygen atoms in total. The quantitative estimate of drug-likeness (QED) is 0.522. The lowest BCUT2D eigenvalue weighted by Gasteiger charge is -2.20. The maximum absolute atomic E-state index is 5.60. The lowest BCUT2D eigenvalue weighted by Crippen LogP contribution is -2.38. The predicted molar refractivity (Wildman–Crippen MR) is 69.9 cm³/mol. The Morgan fingerprint density at radius 1 is 1.40 bits per heavy atom. The summed E-state index contributed by atoms with van der Waals surface area (Å²) in [6.45, 7) is 4.56. The maximum atomic E-state index is 5.60. The van der Waals surface area contributed by atoms with E-state index in [0.29, 0.717) is 6.04 Å². The zero-order chi connectivity index (χ0) is 11.1. The first-order valence-corrected chi connectivity index (χ1v) is 7.38. The third-order valence-corrected chi connectivity index (χ3v) is 4.99. The van der Waals surface area contributed by atoms with E-state index in [-0.39, 0.29) is 0 Å². The van der Waals surface area contributed by atoms with Gasteiger partial charge in [-0.2, -0.15) is 11.8 Å². The molecule has 0 radical (unpaired) electrons. The van der Waals surface area contributed by atoms with Crippen LogP contribution in [0.1, 0.15) is 52.4 Å². The van der Waals surface area contributed by atoms with Crippen molar-refractivity contribution >= 4 is 11.8 Å². The van der Waals surface area contributed by atoms with Gasteiger partial charge in [0.2, 0.25) is 0 Å². The van der Waals surface area contributed by atoms with Gasteiger partial charge >= 0.3 is 0 Å². The molecule has 0 amide bonds. The third-order valence-electron chi connectivity index (χ3n) is 3.45. The Morgan fingerprint density at radius 3 is 2.60 bits per heavy atom. The zero-order valence-corrected chi connectivity index (χ0v) is 11.0. The van der Waals surface area contributed by atoms with Crippen molar-refractivity contribution in [2.75, 3.05) is 5.75 Å². The SMILES string of the molecule is CCC(C)CC(CSC1CCCC1)NN. The fourth-order valence-electron chi connectivity index (χ4n) is 2.14. The van der Waals surface area contributed by atoms with Crippen molar-refractivity contribution < 1.29 is 0 Å². The summed E-state index contributed by atoms with van der Waals surface area (Å²) in [7, 11) is 0. The van der Waals surface area contributed by atoms with Crippen LogP contribution in [0.2, 0.25) is 0 Å². The molecule has 0 aromatic heterocycles. The maximum Gasteiger partial charge on any atom is 0.0303 e. The van der Waals surface area contributed by atoms with Crippen LogP contribution in [0.4, 0.5) is 0 Å². The summed E-state index contributed by atoms with van der Waals surface area (Å²) in [6, 6.07) is 0.505. The average Bonchev–Trinajstić information content (AvgIpc) is 2.76. The Kier molecular flexibility index (Phi) is 6.69. The van der Waals surface area contributed by atoms with Crippen LogP contribution in [0.25, 0.3) is 0 Å². The molecule has 1 aliphatic rings. The summed E-state index contributed by atoms with van der Waals surface area (Å²) in [5.74, 6) is 7.57. The highest BCUT2D eigenvalue weighted by molar-refractivity contribution is 7.99. The van der Waals surface area contributed by atoms with Gasteiger partial charge in [0.05, 0.1) is 0 Å². The second-order valence-corrected chi connectivity index (χ2v) is 6.19. The van der Waals surface area contributed by atoms with Gasteiger partial charge in [-0.05, 0) is 25.2 Å². The highest BCUT2D eigenvalue weighted by Gasteiger charge is 2.18. The van der Waals surface area contributed by atoms with Gasteiger partial charge in [0, 0.05) is 17.0 Å². The van der Waals surface area contributed by atoms with E-state index in [4.69, 9.17) is 5.84 Å².